The third-order valence-electron chi connectivity index (χ3n) is 1.34. The summed E-state index contributed by atoms with van der Waals surface area (Å²) in [5.41, 5.74) is 6.24. The second-order valence-electron chi connectivity index (χ2n) is 2.38. The summed E-state index contributed by atoms with van der Waals surface area (Å²) in [6.45, 7) is 0. The first-order chi connectivity index (χ1) is 6.09. The minimum Gasteiger partial charge on any atom is -0.474 e. The molecule has 1 rings (SSSR count). The van der Waals surface area contributed by atoms with Crippen molar-refractivity contribution in [3.8, 4) is 0 Å². The van der Waals surface area contributed by atoms with Crippen LogP contribution in [0, 0.1) is 0 Å². The van der Waals surface area contributed by atoms with Crippen LogP contribution < -0.4 is 11.1 Å². The Morgan fingerprint density at radius 3 is 2.50 bits per heavy atom. The molecule has 0 saturated carbocycles. The van der Waals surface area contributed by atoms with E-state index in [1.54, 1.807) is 18.2 Å². The van der Waals surface area contributed by atoms with Crippen molar-refractivity contribution in [3.05, 3.63) is 24.3 Å². The summed E-state index contributed by atoms with van der Waals surface area (Å²) >= 11 is 0. The number of rotatable bonds is 1. The minimum absolute atomic E-state index is 0. The predicted molar refractivity (Wildman–Crippen MR) is 54.4 cm³/mol. The molecule has 0 radical (unpaired) electrons. The molecular formula is C8H9ClN2O3. The number of hydrogen-bond acceptors (Lipinski definition) is 3. The largest absolute Gasteiger partial charge is 0.474 e. The van der Waals surface area contributed by atoms with Crippen LogP contribution in [0.25, 0.3) is 0 Å². The molecule has 1 amide bonds. The van der Waals surface area contributed by atoms with Gasteiger partial charge in [0.2, 0.25) is 0 Å². The smallest absolute Gasteiger partial charge is 0.394 e. The Hall–Kier alpha value is -1.75. The summed E-state index contributed by atoms with van der Waals surface area (Å²) in [5.74, 6) is -2.60. The van der Waals surface area contributed by atoms with Crippen LogP contribution in [-0.2, 0) is 9.59 Å². The molecule has 0 atom stereocenters. The van der Waals surface area contributed by atoms with Crippen LogP contribution in [0.5, 0.6) is 0 Å². The molecular weight excluding hydrogens is 208 g/mol. The lowest BCUT2D eigenvalue weighted by atomic mass is 10.3. The third-order valence-corrected chi connectivity index (χ3v) is 1.34. The lowest BCUT2D eigenvalue weighted by Crippen LogP contribution is -2.21. The summed E-state index contributed by atoms with van der Waals surface area (Å²) in [6, 6.07) is 6.28. The monoisotopic (exact) mass is 216 g/mol. The molecule has 0 fully saturated rings. The van der Waals surface area contributed by atoms with Crippen LogP contribution >= 0.6 is 12.4 Å². The first-order valence-electron chi connectivity index (χ1n) is 3.49. The number of nitrogens with one attached hydrogen (secondary N) is 1. The van der Waals surface area contributed by atoms with E-state index in [4.69, 9.17) is 10.8 Å². The van der Waals surface area contributed by atoms with Crippen molar-refractivity contribution in [2.75, 3.05) is 11.1 Å². The molecule has 0 bridgehead atoms. The first kappa shape index (κ1) is 12.2. The number of aliphatic carboxylic acids is 1. The SMILES string of the molecule is Cl.Nc1cccc(NC(=O)C(=O)O)c1. The van der Waals surface area contributed by atoms with Gasteiger partial charge in [-0.3, -0.25) is 4.79 Å². The molecule has 14 heavy (non-hydrogen) atoms. The Kier molecular flexibility index (Phi) is 4.45. The van der Waals surface area contributed by atoms with Crippen molar-refractivity contribution in [2.24, 2.45) is 0 Å². The summed E-state index contributed by atoms with van der Waals surface area (Å²) in [4.78, 5) is 20.8. The maximum atomic E-state index is 10.7. The quantitative estimate of drug-likeness (QED) is 0.476. The number of amides is 1. The molecule has 0 aliphatic heterocycles. The Morgan fingerprint density at radius 2 is 2.00 bits per heavy atom. The van der Waals surface area contributed by atoms with E-state index in [2.05, 4.69) is 5.32 Å². The van der Waals surface area contributed by atoms with Crippen molar-refractivity contribution in [2.45, 2.75) is 0 Å². The highest BCUT2D eigenvalue weighted by atomic mass is 35.5. The van der Waals surface area contributed by atoms with Gasteiger partial charge < -0.3 is 16.2 Å². The molecule has 0 unspecified atom stereocenters. The zero-order valence-corrected chi connectivity index (χ0v) is 7.88. The highest BCUT2D eigenvalue weighted by Gasteiger charge is 2.10. The molecule has 1 aromatic carbocycles. The fraction of sp³-hybridized carbons (Fsp3) is 0. The van der Waals surface area contributed by atoms with Crippen molar-refractivity contribution >= 4 is 35.7 Å². The maximum Gasteiger partial charge on any atom is 0.394 e. The van der Waals surface area contributed by atoms with Gasteiger partial charge in [0.1, 0.15) is 0 Å². The molecule has 0 spiro atoms. The molecule has 6 heteroatoms. The number of carboxylic acid groups (broad SMARTS) is 1. The fourth-order valence-corrected chi connectivity index (χ4v) is 0.801. The Bertz CT molecular complexity index is 354. The Morgan fingerprint density at radius 1 is 1.36 bits per heavy atom. The van der Waals surface area contributed by atoms with E-state index >= 15 is 0 Å². The van der Waals surface area contributed by atoms with E-state index in [1.807, 2.05) is 0 Å². The van der Waals surface area contributed by atoms with Crippen LogP contribution in [0.3, 0.4) is 0 Å². The summed E-state index contributed by atoms with van der Waals surface area (Å²) in [6.07, 6.45) is 0. The minimum atomic E-state index is -1.53. The summed E-state index contributed by atoms with van der Waals surface area (Å²) in [5, 5.41) is 10.4. The van der Waals surface area contributed by atoms with Gasteiger partial charge >= 0.3 is 11.9 Å². The zero-order chi connectivity index (χ0) is 9.84. The number of carbonyl (C=O) groups excluding carboxylic acids is 1. The van der Waals surface area contributed by atoms with Gasteiger partial charge in [-0.2, -0.15) is 0 Å². The van der Waals surface area contributed by atoms with Gasteiger partial charge in [-0.15, -0.1) is 12.4 Å². The second-order valence-corrected chi connectivity index (χ2v) is 2.38. The Balaban J connectivity index is 0.00000169. The molecule has 5 nitrogen and oxygen atoms in total. The van der Waals surface area contributed by atoms with Gasteiger partial charge in [-0.05, 0) is 18.2 Å². The van der Waals surface area contributed by atoms with Crippen molar-refractivity contribution < 1.29 is 14.7 Å². The van der Waals surface area contributed by atoms with Crippen molar-refractivity contribution in [1.82, 2.24) is 0 Å². The lowest BCUT2D eigenvalue weighted by Gasteiger charge is -2.01. The molecule has 0 saturated heterocycles. The maximum absolute atomic E-state index is 10.7. The number of halogens is 1. The van der Waals surface area contributed by atoms with Crippen LogP contribution in [-0.4, -0.2) is 17.0 Å². The van der Waals surface area contributed by atoms with E-state index in [0.29, 0.717) is 11.4 Å². The van der Waals surface area contributed by atoms with E-state index < -0.39 is 11.9 Å². The average molecular weight is 217 g/mol. The summed E-state index contributed by atoms with van der Waals surface area (Å²) < 4.78 is 0. The van der Waals surface area contributed by atoms with Gasteiger partial charge in [-0.1, -0.05) is 6.07 Å². The van der Waals surface area contributed by atoms with E-state index in [9.17, 15) is 9.59 Å². The standard InChI is InChI=1S/C8H8N2O3.ClH/c9-5-2-1-3-6(4-5)10-7(11)8(12)13;/h1-4H,9H2,(H,10,11)(H,12,13);1H. The highest BCUT2D eigenvalue weighted by molar-refractivity contribution is 6.36. The number of carboxylic acids is 1. The first-order valence-corrected chi connectivity index (χ1v) is 3.49. The highest BCUT2D eigenvalue weighted by Crippen LogP contribution is 2.11. The molecule has 4 N–H and O–H groups in total. The number of nitrogens with two attached hydrogens (primary N) is 1. The van der Waals surface area contributed by atoms with Gasteiger partial charge in [0.25, 0.3) is 0 Å². The van der Waals surface area contributed by atoms with Gasteiger partial charge in [-0.25, -0.2) is 4.79 Å². The third kappa shape index (κ3) is 3.32. The average Bonchev–Trinajstić information content (AvgIpc) is 2.04. The Labute approximate surface area is 86.3 Å². The molecule has 0 aliphatic carbocycles. The zero-order valence-electron chi connectivity index (χ0n) is 7.06. The van der Waals surface area contributed by atoms with Crippen LogP contribution in [0.2, 0.25) is 0 Å². The van der Waals surface area contributed by atoms with Crippen molar-refractivity contribution in [3.63, 3.8) is 0 Å². The number of hydrogen-bond donors (Lipinski definition) is 3. The van der Waals surface area contributed by atoms with Crippen LogP contribution in [0.1, 0.15) is 0 Å². The number of benzene rings is 1. The van der Waals surface area contributed by atoms with Crippen LogP contribution in [0.4, 0.5) is 11.4 Å². The molecule has 0 heterocycles. The van der Waals surface area contributed by atoms with Crippen LogP contribution in [0.15, 0.2) is 24.3 Å². The molecule has 0 aliphatic rings. The molecule has 0 aromatic heterocycles. The predicted octanol–water partition coefficient (Wildman–Crippen LogP) is 0.714. The molecule has 1 aromatic rings. The van der Waals surface area contributed by atoms with Gasteiger partial charge in [0, 0.05) is 11.4 Å². The second kappa shape index (κ2) is 5.08. The lowest BCUT2D eigenvalue weighted by molar-refractivity contribution is -0.147. The van der Waals surface area contributed by atoms with Gasteiger partial charge in [0.15, 0.2) is 0 Å². The van der Waals surface area contributed by atoms with E-state index in [-0.39, 0.29) is 12.4 Å². The fourth-order valence-electron chi connectivity index (χ4n) is 0.801. The van der Waals surface area contributed by atoms with E-state index in [0.717, 1.165) is 0 Å². The number of anilines is 2. The number of carbonyl (C=O) groups is 2. The van der Waals surface area contributed by atoms with Crippen molar-refractivity contribution in [1.29, 1.82) is 0 Å². The normalized spacial score (nSPS) is 8.57. The molecule has 76 valence electrons. The summed E-state index contributed by atoms with van der Waals surface area (Å²) in [7, 11) is 0. The van der Waals surface area contributed by atoms with E-state index in [1.165, 1.54) is 6.07 Å². The van der Waals surface area contributed by atoms with Gasteiger partial charge in [0.05, 0.1) is 0 Å². The number of nitrogen functional groups attached to an aromatic ring is 1. The topological polar surface area (TPSA) is 92.4 Å².